The normalized spacial score (nSPS) is 13.1. The second kappa shape index (κ2) is 6.77. The number of rotatable bonds is 5. The van der Waals surface area contributed by atoms with Gasteiger partial charge >= 0.3 is 5.76 Å². The molecule has 144 valence electrons. The largest absolute Gasteiger partial charge is 0.419 e. The molecule has 0 radical (unpaired) electrons. The molecule has 1 atom stereocenters. The maximum Gasteiger partial charge on any atom is 0.419 e. The van der Waals surface area contributed by atoms with Crippen molar-refractivity contribution in [3.05, 3.63) is 82.9 Å². The summed E-state index contributed by atoms with van der Waals surface area (Å²) in [5.74, 6) is 0.00905. The van der Waals surface area contributed by atoms with E-state index in [9.17, 15) is 13.2 Å². The topological polar surface area (TPSA) is 99.1 Å². The van der Waals surface area contributed by atoms with Gasteiger partial charge in [-0.15, -0.1) is 0 Å². The predicted octanol–water partition coefficient (Wildman–Crippen LogP) is 1.93. The third-order valence-electron chi connectivity index (χ3n) is 4.60. The smallest absolute Gasteiger partial charge is 0.408 e. The number of sulfonamides is 1. The first kappa shape index (κ1) is 18.2. The van der Waals surface area contributed by atoms with E-state index >= 15 is 0 Å². The number of benzene rings is 2. The number of oxazole rings is 1. The second-order valence-electron chi connectivity index (χ2n) is 6.42. The Hall–Kier alpha value is -3.17. The fourth-order valence-electron chi connectivity index (χ4n) is 3.08. The Balaban J connectivity index is 1.77. The molecule has 0 aliphatic heterocycles. The summed E-state index contributed by atoms with van der Waals surface area (Å²) in [6.45, 7) is 0. The van der Waals surface area contributed by atoms with Crippen LogP contribution >= 0.6 is 0 Å². The Morgan fingerprint density at radius 2 is 1.86 bits per heavy atom. The molecule has 4 rings (SSSR count). The van der Waals surface area contributed by atoms with Crippen molar-refractivity contribution in [3.63, 3.8) is 0 Å². The SMILES string of the molecule is Cn1ccnc1C(NS(=O)(=O)c1ccc2c(c1)oc(=O)n2C)c1ccccc1. The average Bonchev–Trinajstić information content (AvgIpc) is 3.23. The molecule has 9 heteroatoms. The molecule has 2 heterocycles. The van der Waals surface area contributed by atoms with Gasteiger partial charge in [0.25, 0.3) is 0 Å². The van der Waals surface area contributed by atoms with Gasteiger partial charge in [0.05, 0.1) is 10.4 Å². The fraction of sp³-hybridized carbons (Fsp3) is 0.158. The zero-order valence-electron chi connectivity index (χ0n) is 15.2. The van der Waals surface area contributed by atoms with E-state index in [-0.39, 0.29) is 10.5 Å². The van der Waals surface area contributed by atoms with Gasteiger partial charge in [-0.05, 0) is 17.7 Å². The summed E-state index contributed by atoms with van der Waals surface area (Å²) in [6, 6.07) is 12.9. The Kier molecular flexibility index (Phi) is 4.40. The molecule has 1 unspecified atom stereocenters. The highest BCUT2D eigenvalue weighted by Crippen LogP contribution is 2.24. The molecule has 8 nitrogen and oxygen atoms in total. The summed E-state index contributed by atoms with van der Waals surface area (Å²) in [6.07, 6.45) is 3.37. The van der Waals surface area contributed by atoms with Crippen LogP contribution in [0.3, 0.4) is 0 Å². The van der Waals surface area contributed by atoms with Crippen LogP contribution in [0.1, 0.15) is 17.4 Å². The van der Waals surface area contributed by atoms with Crippen molar-refractivity contribution in [3.8, 4) is 0 Å². The third kappa shape index (κ3) is 3.14. The summed E-state index contributed by atoms with van der Waals surface area (Å²) >= 11 is 0. The van der Waals surface area contributed by atoms with Crippen molar-refractivity contribution in [2.75, 3.05) is 0 Å². The lowest BCUT2D eigenvalue weighted by molar-refractivity contribution is 0.527. The molecule has 2 aromatic heterocycles. The van der Waals surface area contributed by atoms with Crippen LogP contribution in [-0.2, 0) is 24.1 Å². The van der Waals surface area contributed by atoms with E-state index in [0.29, 0.717) is 11.3 Å². The van der Waals surface area contributed by atoms with Crippen LogP contribution in [-0.4, -0.2) is 22.5 Å². The van der Waals surface area contributed by atoms with Crippen molar-refractivity contribution in [1.82, 2.24) is 18.8 Å². The maximum atomic E-state index is 13.1. The number of imidazole rings is 1. The van der Waals surface area contributed by atoms with Gasteiger partial charge in [0.2, 0.25) is 10.0 Å². The fourth-order valence-corrected chi connectivity index (χ4v) is 4.27. The predicted molar refractivity (Wildman–Crippen MR) is 103 cm³/mol. The summed E-state index contributed by atoms with van der Waals surface area (Å²) in [7, 11) is -0.555. The van der Waals surface area contributed by atoms with E-state index in [1.807, 2.05) is 30.3 Å². The Labute approximate surface area is 161 Å². The summed E-state index contributed by atoms with van der Waals surface area (Å²) in [5, 5.41) is 0. The van der Waals surface area contributed by atoms with Crippen LogP contribution in [0.25, 0.3) is 11.1 Å². The first-order valence-electron chi connectivity index (χ1n) is 8.51. The molecule has 0 aliphatic carbocycles. The molecule has 0 spiro atoms. The highest BCUT2D eigenvalue weighted by atomic mass is 32.2. The van der Waals surface area contributed by atoms with Crippen LogP contribution in [0, 0.1) is 0 Å². The van der Waals surface area contributed by atoms with Gasteiger partial charge in [-0.1, -0.05) is 30.3 Å². The van der Waals surface area contributed by atoms with E-state index in [2.05, 4.69) is 9.71 Å². The van der Waals surface area contributed by atoms with Crippen molar-refractivity contribution in [2.45, 2.75) is 10.9 Å². The summed E-state index contributed by atoms with van der Waals surface area (Å²) in [4.78, 5) is 16.0. The molecule has 0 amide bonds. The summed E-state index contributed by atoms with van der Waals surface area (Å²) in [5.41, 5.74) is 1.49. The highest BCUT2D eigenvalue weighted by molar-refractivity contribution is 7.89. The Bertz CT molecular complexity index is 1300. The van der Waals surface area contributed by atoms with E-state index in [1.54, 1.807) is 37.1 Å². The van der Waals surface area contributed by atoms with Gasteiger partial charge < -0.3 is 8.98 Å². The standard InChI is InChI=1S/C19H18N4O4S/c1-22-11-10-20-18(22)17(13-6-4-3-5-7-13)21-28(25,26)14-8-9-15-16(12-14)27-19(24)23(15)2/h3-12,17,21H,1-2H3. The van der Waals surface area contributed by atoms with Crippen molar-refractivity contribution < 1.29 is 12.8 Å². The van der Waals surface area contributed by atoms with E-state index in [0.717, 1.165) is 5.56 Å². The van der Waals surface area contributed by atoms with E-state index in [4.69, 9.17) is 4.42 Å². The molecule has 1 N–H and O–H groups in total. The monoisotopic (exact) mass is 398 g/mol. The zero-order valence-corrected chi connectivity index (χ0v) is 16.1. The van der Waals surface area contributed by atoms with Gasteiger partial charge in [0.15, 0.2) is 5.58 Å². The van der Waals surface area contributed by atoms with Gasteiger partial charge in [-0.25, -0.2) is 18.2 Å². The number of fused-ring (bicyclic) bond motifs is 1. The van der Waals surface area contributed by atoms with Crippen LogP contribution in [0.5, 0.6) is 0 Å². The molecule has 0 saturated heterocycles. The lowest BCUT2D eigenvalue weighted by atomic mass is 10.1. The Morgan fingerprint density at radius 1 is 1.11 bits per heavy atom. The first-order chi connectivity index (χ1) is 13.4. The second-order valence-corrected chi connectivity index (χ2v) is 8.13. The molecule has 2 aromatic carbocycles. The molecular formula is C19H18N4O4S. The van der Waals surface area contributed by atoms with Crippen molar-refractivity contribution >= 4 is 21.1 Å². The van der Waals surface area contributed by atoms with Crippen LogP contribution < -0.4 is 10.5 Å². The van der Waals surface area contributed by atoms with E-state index in [1.165, 1.54) is 16.7 Å². The Morgan fingerprint density at radius 3 is 2.54 bits per heavy atom. The molecule has 0 aliphatic rings. The molecule has 28 heavy (non-hydrogen) atoms. The molecular weight excluding hydrogens is 380 g/mol. The van der Waals surface area contributed by atoms with Crippen molar-refractivity contribution in [1.29, 1.82) is 0 Å². The average molecular weight is 398 g/mol. The van der Waals surface area contributed by atoms with Crippen molar-refractivity contribution in [2.24, 2.45) is 14.1 Å². The number of hydrogen-bond donors (Lipinski definition) is 1. The number of aryl methyl sites for hydroxylation is 2. The maximum absolute atomic E-state index is 13.1. The minimum atomic E-state index is -3.92. The van der Waals surface area contributed by atoms with E-state index < -0.39 is 21.8 Å². The molecule has 0 bridgehead atoms. The van der Waals surface area contributed by atoms with Crippen LogP contribution in [0.15, 0.2) is 75.0 Å². The van der Waals surface area contributed by atoms with Gasteiger partial charge in [-0.2, -0.15) is 4.72 Å². The van der Waals surface area contributed by atoms with Crippen LogP contribution in [0.2, 0.25) is 0 Å². The third-order valence-corrected chi connectivity index (χ3v) is 6.02. The number of hydrogen-bond acceptors (Lipinski definition) is 5. The quantitative estimate of drug-likeness (QED) is 0.554. The minimum absolute atomic E-state index is 0.00416. The number of aromatic nitrogens is 3. The molecule has 4 aromatic rings. The molecule has 0 saturated carbocycles. The van der Waals surface area contributed by atoms with Crippen LogP contribution in [0.4, 0.5) is 0 Å². The molecule has 0 fully saturated rings. The van der Waals surface area contributed by atoms with Gasteiger partial charge in [0.1, 0.15) is 11.9 Å². The first-order valence-corrected chi connectivity index (χ1v) is 9.99. The number of nitrogens with zero attached hydrogens (tertiary/aromatic N) is 3. The minimum Gasteiger partial charge on any atom is -0.408 e. The van der Waals surface area contributed by atoms with Gasteiger partial charge in [-0.3, -0.25) is 4.57 Å². The summed E-state index contributed by atoms with van der Waals surface area (Å²) < 4.78 is 37.1. The zero-order chi connectivity index (χ0) is 19.9. The lowest BCUT2D eigenvalue weighted by Crippen LogP contribution is -2.31. The highest BCUT2D eigenvalue weighted by Gasteiger charge is 2.26. The lowest BCUT2D eigenvalue weighted by Gasteiger charge is -2.19. The number of nitrogens with one attached hydrogen (secondary N) is 1. The van der Waals surface area contributed by atoms with Gasteiger partial charge in [0, 0.05) is 32.6 Å².